The maximum atomic E-state index is 12.7. The molecule has 0 spiro atoms. The summed E-state index contributed by atoms with van der Waals surface area (Å²) in [4.78, 5) is 23.8. The van der Waals surface area contributed by atoms with E-state index in [1.54, 1.807) is 30.3 Å². The topological polar surface area (TPSA) is 110 Å². The predicted octanol–water partition coefficient (Wildman–Crippen LogP) is 1.36. The molecule has 0 saturated carbocycles. The van der Waals surface area contributed by atoms with E-state index in [2.05, 4.69) is 5.32 Å². The quantitative estimate of drug-likeness (QED) is 0.809. The second-order valence-corrected chi connectivity index (χ2v) is 7.57. The molecule has 0 aliphatic heterocycles. The molecule has 1 unspecified atom stereocenters. The summed E-state index contributed by atoms with van der Waals surface area (Å²) in [5.41, 5.74) is 6.46. The molecule has 0 heterocycles. The van der Waals surface area contributed by atoms with Crippen LogP contribution in [0.5, 0.6) is 0 Å². The lowest BCUT2D eigenvalue weighted by Gasteiger charge is -2.25. The second-order valence-electron chi connectivity index (χ2n) is 5.52. The Labute approximate surface area is 146 Å². The summed E-state index contributed by atoms with van der Waals surface area (Å²) in [5.74, 6) is -1.08. The summed E-state index contributed by atoms with van der Waals surface area (Å²) in [6, 6.07) is 13.6. The van der Waals surface area contributed by atoms with Gasteiger partial charge in [0.05, 0.1) is 6.26 Å². The number of amides is 2. The first-order valence-corrected chi connectivity index (χ1v) is 9.23. The van der Waals surface area contributed by atoms with E-state index in [0.717, 1.165) is 10.6 Å². The Hall–Kier alpha value is -2.71. The van der Waals surface area contributed by atoms with Crippen LogP contribution in [0.25, 0.3) is 0 Å². The molecule has 0 bridgehead atoms. The Balaban J connectivity index is 2.31. The molecule has 7 nitrogen and oxygen atoms in total. The number of likely N-dealkylation sites (N-methyl/N-ethyl adjacent to an activating group) is 1. The number of rotatable bonds is 6. The summed E-state index contributed by atoms with van der Waals surface area (Å²) in [5, 5.41) is 2.66. The number of carbonyl (C=O) groups is 2. The fourth-order valence-corrected chi connectivity index (χ4v) is 2.88. The van der Waals surface area contributed by atoms with Gasteiger partial charge in [0.15, 0.2) is 0 Å². The second kappa shape index (κ2) is 7.45. The number of sulfonamides is 1. The van der Waals surface area contributed by atoms with Crippen LogP contribution in [0.15, 0.2) is 54.6 Å². The van der Waals surface area contributed by atoms with Crippen molar-refractivity contribution in [3.05, 3.63) is 65.7 Å². The van der Waals surface area contributed by atoms with Gasteiger partial charge in [0, 0.05) is 18.3 Å². The highest BCUT2D eigenvalue weighted by Gasteiger charge is 2.30. The molecule has 0 aromatic heterocycles. The van der Waals surface area contributed by atoms with Crippen LogP contribution in [0.3, 0.4) is 0 Å². The maximum Gasteiger partial charge on any atom is 0.248 e. The fourth-order valence-electron chi connectivity index (χ4n) is 2.28. The molecule has 3 N–H and O–H groups in total. The first-order chi connectivity index (χ1) is 11.7. The molecule has 2 amide bonds. The zero-order valence-corrected chi connectivity index (χ0v) is 14.7. The van der Waals surface area contributed by atoms with Gasteiger partial charge < -0.3 is 11.1 Å². The van der Waals surface area contributed by atoms with E-state index in [1.807, 2.05) is 0 Å². The lowest BCUT2D eigenvalue weighted by molar-refractivity contribution is -0.119. The van der Waals surface area contributed by atoms with E-state index >= 15 is 0 Å². The van der Waals surface area contributed by atoms with Crippen molar-refractivity contribution in [3.8, 4) is 0 Å². The molecule has 0 radical (unpaired) electrons. The van der Waals surface area contributed by atoms with Gasteiger partial charge in [0.1, 0.15) is 6.04 Å². The van der Waals surface area contributed by atoms with Crippen LogP contribution in [-0.2, 0) is 14.8 Å². The van der Waals surface area contributed by atoms with Gasteiger partial charge in [-0.2, -0.15) is 4.31 Å². The summed E-state index contributed by atoms with van der Waals surface area (Å²) >= 11 is 0. The lowest BCUT2D eigenvalue weighted by atomic mass is 10.1. The Morgan fingerprint density at radius 3 is 2.08 bits per heavy atom. The van der Waals surface area contributed by atoms with E-state index in [9.17, 15) is 18.0 Å². The van der Waals surface area contributed by atoms with Crippen LogP contribution < -0.4 is 11.1 Å². The third-order valence-electron chi connectivity index (χ3n) is 3.69. The van der Waals surface area contributed by atoms with Crippen LogP contribution in [0.2, 0.25) is 0 Å². The van der Waals surface area contributed by atoms with Gasteiger partial charge in [0.2, 0.25) is 21.8 Å². The van der Waals surface area contributed by atoms with Crippen LogP contribution in [0, 0.1) is 0 Å². The van der Waals surface area contributed by atoms with Crippen LogP contribution in [0.1, 0.15) is 22.0 Å². The average Bonchev–Trinajstić information content (AvgIpc) is 2.55. The number of primary amides is 1. The highest BCUT2D eigenvalue weighted by Crippen LogP contribution is 2.23. The number of anilines is 1. The van der Waals surface area contributed by atoms with Gasteiger partial charge in [-0.05, 0) is 29.8 Å². The summed E-state index contributed by atoms with van der Waals surface area (Å²) in [6.45, 7) is 0. The summed E-state index contributed by atoms with van der Waals surface area (Å²) < 4.78 is 24.8. The number of hydrogen-bond acceptors (Lipinski definition) is 4. The van der Waals surface area contributed by atoms with Crippen molar-refractivity contribution in [2.24, 2.45) is 5.73 Å². The molecule has 8 heteroatoms. The van der Waals surface area contributed by atoms with Crippen molar-refractivity contribution in [2.45, 2.75) is 6.04 Å². The zero-order chi connectivity index (χ0) is 18.6. The number of carbonyl (C=O) groups excluding carboxylic acids is 2. The van der Waals surface area contributed by atoms with Gasteiger partial charge >= 0.3 is 0 Å². The molecule has 132 valence electrons. The smallest absolute Gasteiger partial charge is 0.248 e. The number of nitrogens with two attached hydrogens (primary N) is 1. The SMILES string of the molecule is CN(C(C(=O)Nc1ccc(C(N)=O)cc1)c1ccccc1)S(C)(=O)=O. The monoisotopic (exact) mass is 361 g/mol. The molecule has 0 saturated heterocycles. The summed E-state index contributed by atoms with van der Waals surface area (Å²) in [6.07, 6.45) is 1.04. The van der Waals surface area contributed by atoms with Gasteiger partial charge in [0.25, 0.3) is 0 Å². The number of nitrogens with zero attached hydrogens (tertiary/aromatic N) is 1. The first-order valence-electron chi connectivity index (χ1n) is 7.39. The predicted molar refractivity (Wildman–Crippen MR) is 95.4 cm³/mol. The minimum Gasteiger partial charge on any atom is -0.366 e. The Morgan fingerprint density at radius 1 is 1.04 bits per heavy atom. The van der Waals surface area contributed by atoms with E-state index in [4.69, 9.17) is 5.73 Å². The Morgan fingerprint density at radius 2 is 1.60 bits per heavy atom. The summed E-state index contributed by atoms with van der Waals surface area (Å²) in [7, 11) is -2.24. The standard InChI is InChI=1S/C17H19N3O4S/c1-20(25(2,23)24)15(12-6-4-3-5-7-12)17(22)19-14-10-8-13(9-11-14)16(18)21/h3-11,15H,1-2H3,(H2,18,21)(H,19,22). The minimum atomic E-state index is -3.59. The van der Waals surface area contributed by atoms with Gasteiger partial charge in [-0.1, -0.05) is 30.3 Å². The number of nitrogens with one attached hydrogen (secondary N) is 1. The van der Waals surface area contributed by atoms with Crippen molar-refractivity contribution in [1.29, 1.82) is 0 Å². The maximum absolute atomic E-state index is 12.7. The molecule has 0 aliphatic rings. The van der Waals surface area contributed by atoms with Crippen LogP contribution in [0.4, 0.5) is 5.69 Å². The van der Waals surface area contributed by atoms with Gasteiger partial charge in [-0.3, -0.25) is 9.59 Å². The number of hydrogen-bond donors (Lipinski definition) is 2. The van der Waals surface area contributed by atoms with Gasteiger partial charge in [-0.25, -0.2) is 8.42 Å². The Bertz CT molecular complexity index is 865. The van der Waals surface area contributed by atoms with E-state index in [-0.39, 0.29) is 0 Å². The van der Waals surface area contributed by atoms with Crippen molar-refractivity contribution >= 4 is 27.5 Å². The van der Waals surface area contributed by atoms with Crippen molar-refractivity contribution in [2.75, 3.05) is 18.6 Å². The van der Waals surface area contributed by atoms with E-state index in [0.29, 0.717) is 16.8 Å². The van der Waals surface area contributed by atoms with Gasteiger partial charge in [-0.15, -0.1) is 0 Å². The van der Waals surface area contributed by atoms with Crippen molar-refractivity contribution in [1.82, 2.24) is 4.31 Å². The highest BCUT2D eigenvalue weighted by atomic mass is 32.2. The van der Waals surface area contributed by atoms with Crippen LogP contribution >= 0.6 is 0 Å². The lowest BCUT2D eigenvalue weighted by Crippen LogP contribution is -2.38. The third-order valence-corrected chi connectivity index (χ3v) is 4.94. The minimum absolute atomic E-state index is 0.311. The fraction of sp³-hybridized carbons (Fsp3) is 0.176. The van der Waals surface area contributed by atoms with E-state index in [1.165, 1.54) is 31.3 Å². The van der Waals surface area contributed by atoms with E-state index < -0.39 is 27.9 Å². The normalized spacial score (nSPS) is 12.6. The molecule has 2 aromatic rings. The zero-order valence-electron chi connectivity index (χ0n) is 13.8. The largest absolute Gasteiger partial charge is 0.366 e. The van der Waals surface area contributed by atoms with Crippen LogP contribution in [-0.4, -0.2) is 37.8 Å². The Kier molecular flexibility index (Phi) is 5.55. The molecule has 2 rings (SSSR count). The average molecular weight is 361 g/mol. The molecule has 25 heavy (non-hydrogen) atoms. The molecule has 2 aromatic carbocycles. The molecular formula is C17H19N3O4S. The number of benzene rings is 2. The highest BCUT2D eigenvalue weighted by molar-refractivity contribution is 7.88. The molecule has 1 atom stereocenters. The first kappa shape index (κ1) is 18.6. The third kappa shape index (κ3) is 4.65. The molecular weight excluding hydrogens is 342 g/mol. The molecule has 0 aliphatic carbocycles. The van der Waals surface area contributed by atoms with Crippen molar-refractivity contribution < 1.29 is 18.0 Å². The molecule has 0 fully saturated rings. The van der Waals surface area contributed by atoms with Crippen molar-refractivity contribution in [3.63, 3.8) is 0 Å².